The van der Waals surface area contributed by atoms with Crippen molar-refractivity contribution >= 4 is 34.7 Å². The van der Waals surface area contributed by atoms with Crippen molar-refractivity contribution in [3.63, 3.8) is 0 Å². The molecule has 1 amide bonds. The van der Waals surface area contributed by atoms with E-state index in [1.54, 1.807) is 6.07 Å². The number of imidazole rings is 1. The van der Waals surface area contributed by atoms with Crippen molar-refractivity contribution in [1.82, 2.24) is 19.4 Å². The third-order valence-corrected chi connectivity index (χ3v) is 5.37. The summed E-state index contributed by atoms with van der Waals surface area (Å²) in [5.74, 6) is -1.60. The van der Waals surface area contributed by atoms with Gasteiger partial charge in [0.15, 0.2) is 0 Å². The fourth-order valence-corrected chi connectivity index (χ4v) is 3.58. The van der Waals surface area contributed by atoms with Crippen LogP contribution in [0.3, 0.4) is 0 Å². The summed E-state index contributed by atoms with van der Waals surface area (Å²) in [7, 11) is 2.12. The molecule has 0 spiro atoms. The topological polar surface area (TPSA) is 104 Å². The van der Waals surface area contributed by atoms with Crippen molar-refractivity contribution in [1.29, 1.82) is 0 Å². The van der Waals surface area contributed by atoms with Crippen LogP contribution < -0.4 is 10.2 Å². The molecule has 3 aromatic rings. The van der Waals surface area contributed by atoms with Gasteiger partial charge in [0, 0.05) is 32.2 Å². The van der Waals surface area contributed by atoms with Crippen LogP contribution in [0.4, 0.5) is 24.9 Å². The monoisotopic (exact) mass is 492 g/mol. The normalized spacial score (nSPS) is 14.5. The molecule has 0 saturated carbocycles. The van der Waals surface area contributed by atoms with Crippen molar-refractivity contribution in [2.24, 2.45) is 0 Å². The third kappa shape index (κ3) is 6.47. The molecular formula is C23H27F3N6O3. The Labute approximate surface area is 200 Å². The van der Waals surface area contributed by atoms with Gasteiger partial charge in [-0.15, -0.1) is 0 Å². The number of fused-ring (bicyclic) bond motifs is 1. The molecule has 3 heterocycles. The number of carbonyl (C=O) groups is 2. The molecule has 1 saturated heterocycles. The van der Waals surface area contributed by atoms with Gasteiger partial charge < -0.3 is 19.5 Å². The quantitative estimate of drug-likeness (QED) is 0.573. The number of aliphatic carboxylic acids is 1. The molecule has 9 nitrogen and oxygen atoms in total. The van der Waals surface area contributed by atoms with Crippen LogP contribution in [0.2, 0.25) is 0 Å². The van der Waals surface area contributed by atoms with Crippen LogP contribution in [0.1, 0.15) is 30.4 Å². The number of likely N-dealkylation sites (N-methyl/N-ethyl adjacent to an activating group) is 1. The highest BCUT2D eigenvalue weighted by molar-refractivity contribution is 6.03. The zero-order valence-corrected chi connectivity index (χ0v) is 19.6. The lowest BCUT2D eigenvalue weighted by Gasteiger charge is -2.33. The first-order valence-corrected chi connectivity index (χ1v) is 11.0. The number of pyridine rings is 1. The van der Waals surface area contributed by atoms with Gasteiger partial charge in [0.2, 0.25) is 5.95 Å². The van der Waals surface area contributed by atoms with Gasteiger partial charge in [-0.25, -0.2) is 14.8 Å². The number of alkyl halides is 3. The minimum atomic E-state index is -5.08. The third-order valence-electron chi connectivity index (χ3n) is 5.37. The average molecular weight is 493 g/mol. The number of piperazine rings is 1. The first-order valence-electron chi connectivity index (χ1n) is 11.0. The van der Waals surface area contributed by atoms with Gasteiger partial charge in [0.05, 0.1) is 11.0 Å². The lowest BCUT2D eigenvalue weighted by molar-refractivity contribution is -0.192. The number of nitrogens with zero attached hydrogens (tertiary/aromatic N) is 5. The SMILES string of the molecule is CC(C)n1c(NC(=O)c2cccc(N3CCN(C)CC3)n2)nc2ccccc21.O=C(O)C(F)(F)F. The molecule has 4 rings (SSSR count). The van der Waals surface area contributed by atoms with E-state index in [0.717, 1.165) is 43.0 Å². The number of anilines is 2. The minimum absolute atomic E-state index is 0.173. The molecular weight excluding hydrogens is 465 g/mol. The smallest absolute Gasteiger partial charge is 0.475 e. The van der Waals surface area contributed by atoms with Crippen LogP contribution in [0.5, 0.6) is 0 Å². The molecule has 1 fully saturated rings. The van der Waals surface area contributed by atoms with E-state index in [2.05, 4.69) is 46.0 Å². The van der Waals surface area contributed by atoms with E-state index in [4.69, 9.17) is 9.90 Å². The Bertz CT molecular complexity index is 1190. The fraction of sp³-hybridized carbons (Fsp3) is 0.391. The maximum atomic E-state index is 12.9. The molecule has 0 unspecified atom stereocenters. The Hall–Kier alpha value is -3.67. The van der Waals surface area contributed by atoms with Gasteiger partial charge in [-0.3, -0.25) is 10.1 Å². The molecule has 1 aliphatic rings. The lowest BCUT2D eigenvalue weighted by Crippen LogP contribution is -2.44. The Morgan fingerprint density at radius 3 is 2.23 bits per heavy atom. The van der Waals surface area contributed by atoms with Gasteiger partial charge in [0.25, 0.3) is 5.91 Å². The number of carbonyl (C=O) groups excluding carboxylic acids is 1. The van der Waals surface area contributed by atoms with Crippen molar-refractivity contribution in [2.75, 3.05) is 43.4 Å². The maximum Gasteiger partial charge on any atom is 0.490 e. The summed E-state index contributed by atoms with van der Waals surface area (Å²) in [6, 6.07) is 13.7. The average Bonchev–Trinajstić information content (AvgIpc) is 3.17. The number of carboxylic acids is 1. The van der Waals surface area contributed by atoms with Crippen LogP contribution in [-0.2, 0) is 4.79 Å². The highest BCUT2D eigenvalue weighted by atomic mass is 19.4. The number of benzene rings is 1. The second-order valence-corrected chi connectivity index (χ2v) is 8.32. The van der Waals surface area contributed by atoms with Crippen LogP contribution in [0.25, 0.3) is 11.0 Å². The number of rotatable bonds is 4. The Morgan fingerprint density at radius 1 is 1.00 bits per heavy atom. The van der Waals surface area contributed by atoms with E-state index in [1.807, 2.05) is 41.0 Å². The van der Waals surface area contributed by atoms with Gasteiger partial charge in [0.1, 0.15) is 11.5 Å². The fourth-order valence-electron chi connectivity index (χ4n) is 3.58. The van der Waals surface area contributed by atoms with Crippen LogP contribution in [-0.4, -0.2) is 75.8 Å². The van der Waals surface area contributed by atoms with Crippen LogP contribution >= 0.6 is 0 Å². The van der Waals surface area contributed by atoms with E-state index in [0.29, 0.717) is 11.6 Å². The predicted molar refractivity (Wildman–Crippen MR) is 126 cm³/mol. The number of para-hydroxylation sites is 2. The summed E-state index contributed by atoms with van der Waals surface area (Å²) in [6.07, 6.45) is -5.08. The largest absolute Gasteiger partial charge is 0.490 e. The number of hydrogen-bond acceptors (Lipinski definition) is 6. The van der Waals surface area contributed by atoms with Gasteiger partial charge in [-0.05, 0) is 45.2 Å². The zero-order valence-electron chi connectivity index (χ0n) is 19.6. The minimum Gasteiger partial charge on any atom is -0.475 e. The first-order chi connectivity index (χ1) is 16.5. The van der Waals surface area contributed by atoms with E-state index in [9.17, 15) is 18.0 Å². The number of hydrogen-bond donors (Lipinski definition) is 2. The number of nitrogens with one attached hydrogen (secondary N) is 1. The molecule has 188 valence electrons. The van der Waals surface area contributed by atoms with Gasteiger partial charge in [-0.2, -0.15) is 13.2 Å². The molecule has 0 bridgehead atoms. The molecule has 2 aromatic heterocycles. The molecule has 0 radical (unpaired) electrons. The maximum absolute atomic E-state index is 12.9. The summed E-state index contributed by atoms with van der Waals surface area (Å²) in [5.41, 5.74) is 2.27. The van der Waals surface area contributed by atoms with E-state index in [-0.39, 0.29) is 11.9 Å². The first kappa shape index (κ1) is 25.9. The summed E-state index contributed by atoms with van der Waals surface area (Å²) >= 11 is 0. The van der Waals surface area contributed by atoms with Gasteiger partial charge in [-0.1, -0.05) is 18.2 Å². The number of halogens is 3. The zero-order chi connectivity index (χ0) is 25.8. The van der Waals surface area contributed by atoms with Gasteiger partial charge >= 0.3 is 12.1 Å². The Balaban J connectivity index is 0.000000429. The van der Waals surface area contributed by atoms with Crippen LogP contribution in [0, 0.1) is 0 Å². The van der Waals surface area contributed by atoms with Crippen molar-refractivity contribution in [3.05, 3.63) is 48.2 Å². The highest BCUT2D eigenvalue weighted by Gasteiger charge is 2.38. The molecule has 35 heavy (non-hydrogen) atoms. The van der Waals surface area contributed by atoms with E-state index < -0.39 is 12.1 Å². The standard InChI is InChI=1S/C21H26N6O.C2HF3O2/c1-15(2)27-18-9-5-4-7-16(18)23-21(27)24-20(28)17-8-6-10-19(22-17)26-13-11-25(3)12-14-26;3-2(4,5)1(6)7/h4-10,15H,11-14H2,1-3H3,(H,23,24,28);(H,6,7). The number of aromatic nitrogens is 3. The van der Waals surface area contributed by atoms with E-state index in [1.165, 1.54) is 0 Å². The Kier molecular flexibility index (Phi) is 7.95. The summed E-state index contributed by atoms with van der Waals surface area (Å²) in [4.78, 5) is 35.5. The summed E-state index contributed by atoms with van der Waals surface area (Å²) in [5, 5.41) is 10.1. The van der Waals surface area contributed by atoms with Crippen molar-refractivity contribution < 1.29 is 27.9 Å². The predicted octanol–water partition coefficient (Wildman–Crippen LogP) is 3.65. The summed E-state index contributed by atoms with van der Waals surface area (Å²) in [6.45, 7) is 7.98. The molecule has 1 aromatic carbocycles. The van der Waals surface area contributed by atoms with Crippen molar-refractivity contribution in [2.45, 2.75) is 26.1 Å². The second kappa shape index (κ2) is 10.7. The molecule has 12 heteroatoms. The second-order valence-electron chi connectivity index (χ2n) is 8.32. The lowest BCUT2D eigenvalue weighted by atomic mass is 10.3. The van der Waals surface area contributed by atoms with Crippen LogP contribution in [0.15, 0.2) is 42.5 Å². The Morgan fingerprint density at radius 2 is 1.63 bits per heavy atom. The van der Waals surface area contributed by atoms with Crippen molar-refractivity contribution in [3.8, 4) is 0 Å². The molecule has 2 N–H and O–H groups in total. The summed E-state index contributed by atoms with van der Waals surface area (Å²) < 4.78 is 33.8. The molecule has 0 atom stereocenters. The molecule has 0 aliphatic carbocycles. The molecule has 1 aliphatic heterocycles. The number of carboxylic acid groups (broad SMARTS) is 1. The number of amides is 1. The highest BCUT2D eigenvalue weighted by Crippen LogP contribution is 2.24. The van der Waals surface area contributed by atoms with E-state index >= 15 is 0 Å².